The Morgan fingerprint density at radius 3 is 2.27 bits per heavy atom. The van der Waals surface area contributed by atoms with Crippen LogP contribution in [0.15, 0.2) is 0 Å². The van der Waals surface area contributed by atoms with Crippen molar-refractivity contribution in [3.8, 4) is 0 Å². The maximum Gasteiger partial charge on any atom is 0.225 e. The second kappa shape index (κ2) is 4.97. The van der Waals surface area contributed by atoms with Crippen LogP contribution >= 0.6 is 0 Å². The molecule has 2 rings (SSSR count). The zero-order valence-electron chi connectivity index (χ0n) is 9.32. The van der Waals surface area contributed by atoms with Crippen LogP contribution in [0.25, 0.3) is 0 Å². The lowest BCUT2D eigenvalue weighted by Crippen LogP contribution is -2.34. The molecule has 15 heavy (non-hydrogen) atoms. The molecule has 0 aromatic heterocycles. The molecule has 1 saturated carbocycles. The van der Waals surface area contributed by atoms with Crippen molar-refractivity contribution in [2.45, 2.75) is 51.0 Å². The number of nitrogens with zero attached hydrogens (tertiary/aromatic N) is 1. The average Bonchev–Trinajstić information content (AvgIpc) is 2.53. The molecule has 0 aromatic carbocycles. The summed E-state index contributed by atoms with van der Waals surface area (Å²) in [5.74, 6) is 0.547. The van der Waals surface area contributed by atoms with Gasteiger partial charge in [-0.1, -0.05) is 25.7 Å². The van der Waals surface area contributed by atoms with Crippen molar-refractivity contribution in [3.63, 3.8) is 0 Å². The van der Waals surface area contributed by atoms with Crippen LogP contribution in [0.5, 0.6) is 0 Å². The second-order valence-electron chi connectivity index (χ2n) is 4.92. The maximum atomic E-state index is 12.1. The molecule has 0 radical (unpaired) electrons. The number of hydrogen-bond acceptors (Lipinski definition) is 2. The third-order valence-corrected chi connectivity index (χ3v) is 3.68. The zero-order chi connectivity index (χ0) is 10.7. The maximum absolute atomic E-state index is 12.1. The van der Waals surface area contributed by atoms with Crippen LogP contribution in [-0.4, -0.2) is 35.1 Å². The normalized spacial score (nSPS) is 29.1. The zero-order valence-corrected chi connectivity index (χ0v) is 9.32. The minimum Gasteiger partial charge on any atom is -0.391 e. The predicted molar refractivity (Wildman–Crippen MR) is 58.4 cm³/mol. The van der Waals surface area contributed by atoms with Gasteiger partial charge in [-0.05, 0) is 19.3 Å². The highest BCUT2D eigenvalue weighted by molar-refractivity contribution is 5.79. The van der Waals surface area contributed by atoms with Crippen LogP contribution in [0.3, 0.4) is 0 Å². The molecule has 86 valence electrons. The Balaban J connectivity index is 1.88. The minimum absolute atomic E-state index is 0.248. The molecule has 2 fully saturated rings. The number of amides is 1. The Hall–Kier alpha value is -0.570. The summed E-state index contributed by atoms with van der Waals surface area (Å²) >= 11 is 0. The van der Waals surface area contributed by atoms with Crippen LogP contribution in [0.1, 0.15) is 44.9 Å². The van der Waals surface area contributed by atoms with Gasteiger partial charge in [-0.3, -0.25) is 4.79 Å². The van der Waals surface area contributed by atoms with E-state index in [4.69, 9.17) is 0 Å². The summed E-state index contributed by atoms with van der Waals surface area (Å²) in [5, 5.41) is 9.41. The highest BCUT2D eigenvalue weighted by atomic mass is 16.3. The first-order valence-electron chi connectivity index (χ1n) is 6.24. The summed E-state index contributed by atoms with van der Waals surface area (Å²) in [4.78, 5) is 14.0. The Labute approximate surface area is 91.5 Å². The van der Waals surface area contributed by atoms with Gasteiger partial charge < -0.3 is 10.0 Å². The lowest BCUT2D eigenvalue weighted by atomic mass is 9.99. The molecule has 1 N–H and O–H groups in total. The van der Waals surface area contributed by atoms with E-state index in [1.54, 1.807) is 0 Å². The number of hydrogen-bond donors (Lipinski definition) is 1. The quantitative estimate of drug-likeness (QED) is 0.668. The molecule has 0 unspecified atom stereocenters. The van der Waals surface area contributed by atoms with Gasteiger partial charge in [-0.2, -0.15) is 0 Å². The van der Waals surface area contributed by atoms with Gasteiger partial charge in [0.15, 0.2) is 0 Å². The molecule has 0 bridgehead atoms. The van der Waals surface area contributed by atoms with Crippen molar-refractivity contribution in [2.24, 2.45) is 5.92 Å². The van der Waals surface area contributed by atoms with Crippen LogP contribution in [0, 0.1) is 5.92 Å². The van der Waals surface area contributed by atoms with Crippen LogP contribution < -0.4 is 0 Å². The molecule has 2 aliphatic rings. The highest BCUT2D eigenvalue weighted by Gasteiger charge is 2.29. The molecule has 1 heterocycles. The van der Waals surface area contributed by atoms with E-state index in [1.165, 1.54) is 25.7 Å². The molecular weight excluding hydrogens is 190 g/mol. The fourth-order valence-electron chi connectivity index (χ4n) is 2.73. The standard InChI is InChI=1S/C12H21NO2/c14-11-7-8-13(9-11)12(15)10-5-3-1-2-4-6-10/h10-11,14H,1-9H2/t11-/m0/s1. The van der Waals surface area contributed by atoms with E-state index in [-0.39, 0.29) is 12.0 Å². The largest absolute Gasteiger partial charge is 0.391 e. The van der Waals surface area contributed by atoms with E-state index in [2.05, 4.69) is 0 Å². The van der Waals surface area contributed by atoms with E-state index in [1.807, 2.05) is 4.90 Å². The molecule has 1 aliphatic carbocycles. The third kappa shape index (κ3) is 2.71. The van der Waals surface area contributed by atoms with Gasteiger partial charge in [-0.15, -0.1) is 0 Å². The van der Waals surface area contributed by atoms with Gasteiger partial charge in [0.1, 0.15) is 0 Å². The number of likely N-dealkylation sites (tertiary alicyclic amines) is 1. The van der Waals surface area contributed by atoms with Gasteiger partial charge in [0, 0.05) is 19.0 Å². The summed E-state index contributed by atoms with van der Waals surface area (Å²) < 4.78 is 0. The molecule has 1 aliphatic heterocycles. The minimum atomic E-state index is -0.278. The molecule has 0 spiro atoms. The smallest absolute Gasteiger partial charge is 0.225 e. The van der Waals surface area contributed by atoms with Crippen molar-refractivity contribution in [2.75, 3.05) is 13.1 Å². The van der Waals surface area contributed by atoms with Crippen LogP contribution in [0.4, 0.5) is 0 Å². The van der Waals surface area contributed by atoms with E-state index in [9.17, 15) is 9.90 Å². The topological polar surface area (TPSA) is 40.5 Å². The van der Waals surface area contributed by atoms with E-state index in [0.717, 1.165) is 25.8 Å². The van der Waals surface area contributed by atoms with E-state index in [0.29, 0.717) is 12.5 Å². The van der Waals surface area contributed by atoms with Crippen molar-refractivity contribution in [1.82, 2.24) is 4.90 Å². The van der Waals surface area contributed by atoms with E-state index >= 15 is 0 Å². The molecule has 3 heteroatoms. The number of aliphatic hydroxyl groups excluding tert-OH is 1. The summed E-state index contributed by atoms with van der Waals surface area (Å²) in [6.07, 6.45) is 7.58. The molecule has 3 nitrogen and oxygen atoms in total. The highest BCUT2D eigenvalue weighted by Crippen LogP contribution is 2.25. The van der Waals surface area contributed by atoms with E-state index < -0.39 is 0 Å². The monoisotopic (exact) mass is 211 g/mol. The number of carbonyl (C=O) groups is 1. The van der Waals surface area contributed by atoms with Crippen molar-refractivity contribution >= 4 is 5.91 Å². The molecule has 1 saturated heterocycles. The van der Waals surface area contributed by atoms with Crippen molar-refractivity contribution < 1.29 is 9.90 Å². The summed E-state index contributed by atoms with van der Waals surface area (Å²) in [5.41, 5.74) is 0. The third-order valence-electron chi connectivity index (χ3n) is 3.68. The fraction of sp³-hybridized carbons (Fsp3) is 0.917. The first-order chi connectivity index (χ1) is 7.27. The Bertz CT molecular complexity index is 222. The van der Waals surface area contributed by atoms with Gasteiger partial charge in [0.2, 0.25) is 5.91 Å². The first kappa shape index (κ1) is 10.9. The van der Waals surface area contributed by atoms with Crippen LogP contribution in [-0.2, 0) is 4.79 Å². The molecule has 1 amide bonds. The summed E-state index contributed by atoms with van der Waals surface area (Å²) in [6.45, 7) is 1.33. The Kier molecular flexibility index (Phi) is 3.62. The van der Waals surface area contributed by atoms with Crippen molar-refractivity contribution in [1.29, 1.82) is 0 Å². The predicted octanol–water partition coefficient (Wildman–Crippen LogP) is 1.55. The number of carbonyl (C=O) groups excluding carboxylic acids is 1. The summed E-state index contributed by atoms with van der Waals surface area (Å²) in [7, 11) is 0. The summed E-state index contributed by atoms with van der Waals surface area (Å²) in [6, 6.07) is 0. The number of rotatable bonds is 1. The van der Waals surface area contributed by atoms with Crippen molar-refractivity contribution in [3.05, 3.63) is 0 Å². The number of β-amino-alcohol motifs (C(OH)–C–C–N with tert-alkyl or cyclic N) is 1. The lowest BCUT2D eigenvalue weighted by molar-refractivity contribution is -0.135. The fourth-order valence-corrected chi connectivity index (χ4v) is 2.73. The molecule has 0 aromatic rings. The average molecular weight is 211 g/mol. The second-order valence-corrected chi connectivity index (χ2v) is 4.92. The number of aliphatic hydroxyl groups is 1. The van der Waals surface area contributed by atoms with Crippen LogP contribution in [0.2, 0.25) is 0 Å². The molecular formula is C12H21NO2. The van der Waals surface area contributed by atoms with Gasteiger partial charge in [0.05, 0.1) is 6.10 Å². The lowest BCUT2D eigenvalue weighted by Gasteiger charge is -2.21. The van der Waals surface area contributed by atoms with Gasteiger partial charge in [-0.25, -0.2) is 0 Å². The first-order valence-corrected chi connectivity index (χ1v) is 6.24. The van der Waals surface area contributed by atoms with Gasteiger partial charge in [0.25, 0.3) is 0 Å². The molecule has 1 atom stereocenters. The Morgan fingerprint density at radius 1 is 1.07 bits per heavy atom. The van der Waals surface area contributed by atoms with Gasteiger partial charge >= 0.3 is 0 Å². The SMILES string of the molecule is O=C(C1CCCCCC1)N1CC[C@H](O)C1. The Morgan fingerprint density at radius 2 is 1.73 bits per heavy atom.